The van der Waals surface area contributed by atoms with Crippen molar-refractivity contribution in [2.24, 2.45) is 17.5 Å². The second-order valence-electron chi connectivity index (χ2n) is 4.12. The molecular formula is C11H14N2. The third-order valence-corrected chi connectivity index (χ3v) is 2.28. The lowest BCUT2D eigenvalue weighted by Crippen LogP contribution is -2.07. The summed E-state index contributed by atoms with van der Waals surface area (Å²) in [5.41, 5.74) is 1.27. The second-order valence-corrected chi connectivity index (χ2v) is 4.12. The molecule has 2 rings (SSSR count). The summed E-state index contributed by atoms with van der Waals surface area (Å²) in [5.74, 6) is 1.04. The molecule has 0 spiro atoms. The second kappa shape index (κ2) is 2.59. The Morgan fingerprint density at radius 2 is 2.15 bits per heavy atom. The van der Waals surface area contributed by atoms with E-state index in [0.29, 0.717) is 0 Å². The van der Waals surface area contributed by atoms with Gasteiger partial charge in [-0.1, -0.05) is 26.0 Å². The smallest absolute Gasteiger partial charge is 0.139 e. The minimum absolute atomic E-state index is 0.0685. The predicted molar refractivity (Wildman–Crippen MR) is 56.4 cm³/mol. The molecule has 1 aliphatic rings. The van der Waals surface area contributed by atoms with Crippen LogP contribution in [0.3, 0.4) is 0 Å². The van der Waals surface area contributed by atoms with Crippen molar-refractivity contribution in [3.8, 4) is 0 Å². The van der Waals surface area contributed by atoms with Crippen molar-refractivity contribution in [2.45, 2.75) is 13.8 Å². The third kappa shape index (κ3) is 1.44. The van der Waals surface area contributed by atoms with Crippen molar-refractivity contribution in [3.63, 3.8) is 0 Å². The molecule has 0 atom stereocenters. The van der Waals surface area contributed by atoms with Gasteiger partial charge >= 0.3 is 0 Å². The van der Waals surface area contributed by atoms with Gasteiger partial charge in [0.05, 0.1) is 0 Å². The molecule has 0 aromatic carbocycles. The number of aliphatic imine (C=N–C) groups is 1. The van der Waals surface area contributed by atoms with Gasteiger partial charge in [0.15, 0.2) is 0 Å². The minimum atomic E-state index is 0.0685. The molecule has 13 heavy (non-hydrogen) atoms. The third-order valence-electron chi connectivity index (χ3n) is 2.28. The molecule has 0 unspecified atom stereocenters. The Balaban J connectivity index is 2.54. The van der Waals surface area contributed by atoms with Crippen LogP contribution in [0.5, 0.6) is 0 Å². The summed E-state index contributed by atoms with van der Waals surface area (Å²) in [6.45, 7) is 4.30. The zero-order valence-corrected chi connectivity index (χ0v) is 8.28. The largest absolute Gasteiger partial charge is 0.336 e. The van der Waals surface area contributed by atoms with E-state index in [2.05, 4.69) is 37.1 Å². The highest BCUT2D eigenvalue weighted by molar-refractivity contribution is 5.78. The van der Waals surface area contributed by atoms with E-state index in [9.17, 15) is 0 Å². The van der Waals surface area contributed by atoms with Crippen LogP contribution in [0, 0.1) is 5.41 Å². The number of aryl methyl sites for hydroxylation is 1. The van der Waals surface area contributed by atoms with Crippen molar-refractivity contribution >= 4 is 18.1 Å². The van der Waals surface area contributed by atoms with Crippen molar-refractivity contribution in [1.29, 1.82) is 0 Å². The fraction of sp³-hybridized carbons (Fsp3) is 0.364. The quantitative estimate of drug-likeness (QED) is 0.575. The van der Waals surface area contributed by atoms with E-state index in [4.69, 9.17) is 0 Å². The van der Waals surface area contributed by atoms with Crippen molar-refractivity contribution in [1.82, 2.24) is 4.57 Å². The Labute approximate surface area is 78.6 Å². The summed E-state index contributed by atoms with van der Waals surface area (Å²) < 4.78 is 2.04. The van der Waals surface area contributed by atoms with E-state index in [0.717, 1.165) is 5.82 Å². The lowest BCUT2D eigenvalue weighted by atomic mass is 9.95. The van der Waals surface area contributed by atoms with Crippen LogP contribution in [0.25, 0.3) is 6.08 Å². The summed E-state index contributed by atoms with van der Waals surface area (Å²) in [4.78, 5) is 4.47. The summed E-state index contributed by atoms with van der Waals surface area (Å²) >= 11 is 0. The predicted octanol–water partition coefficient (Wildman–Crippen LogP) is 2.78. The van der Waals surface area contributed by atoms with E-state index in [1.807, 2.05) is 24.0 Å². The minimum Gasteiger partial charge on any atom is -0.336 e. The van der Waals surface area contributed by atoms with Gasteiger partial charge in [0.1, 0.15) is 5.82 Å². The zero-order valence-electron chi connectivity index (χ0n) is 8.28. The maximum atomic E-state index is 4.47. The number of fused-ring (bicyclic) bond motifs is 1. The molecule has 0 bridgehead atoms. The Bertz CT molecular complexity index is 381. The molecular weight excluding hydrogens is 160 g/mol. The molecule has 0 fully saturated rings. The van der Waals surface area contributed by atoms with E-state index < -0.39 is 0 Å². The average Bonchev–Trinajstić information content (AvgIpc) is 2.32. The van der Waals surface area contributed by atoms with Gasteiger partial charge in [-0.3, -0.25) is 0 Å². The van der Waals surface area contributed by atoms with Gasteiger partial charge in [0, 0.05) is 30.4 Å². The van der Waals surface area contributed by atoms with Crippen molar-refractivity contribution in [3.05, 3.63) is 23.9 Å². The van der Waals surface area contributed by atoms with Crippen molar-refractivity contribution in [2.75, 3.05) is 0 Å². The molecule has 2 heteroatoms. The molecule has 0 saturated heterocycles. The van der Waals surface area contributed by atoms with Gasteiger partial charge in [-0.15, -0.1) is 0 Å². The summed E-state index contributed by atoms with van der Waals surface area (Å²) in [7, 11) is 2.02. The fourth-order valence-corrected chi connectivity index (χ4v) is 1.41. The SMILES string of the molecule is Cn1ccc2c1N=CC(C)(C)C=C2. The van der Waals surface area contributed by atoms with Crippen LogP contribution in [-0.4, -0.2) is 10.8 Å². The van der Waals surface area contributed by atoms with Crippen LogP contribution < -0.4 is 0 Å². The Morgan fingerprint density at radius 3 is 2.92 bits per heavy atom. The van der Waals surface area contributed by atoms with Crippen LogP contribution in [0.15, 0.2) is 23.3 Å². The van der Waals surface area contributed by atoms with Gasteiger partial charge in [0.25, 0.3) is 0 Å². The van der Waals surface area contributed by atoms with Gasteiger partial charge in [0.2, 0.25) is 0 Å². The molecule has 2 nitrogen and oxygen atoms in total. The first-order valence-electron chi connectivity index (χ1n) is 4.48. The standard InChI is InChI=1S/C11H14N2/c1-11(2)6-4-9-5-7-13(3)10(9)12-8-11/h4-8H,1-3H3. The molecule has 1 aromatic heterocycles. The molecule has 1 aromatic rings. The number of hydrogen-bond donors (Lipinski definition) is 0. The van der Waals surface area contributed by atoms with Crippen LogP contribution in [0.1, 0.15) is 19.4 Å². The highest BCUT2D eigenvalue weighted by atomic mass is 15.0. The maximum absolute atomic E-state index is 4.47. The first-order chi connectivity index (χ1) is 6.08. The van der Waals surface area contributed by atoms with Gasteiger partial charge in [-0.2, -0.15) is 0 Å². The number of hydrogen-bond acceptors (Lipinski definition) is 1. The topological polar surface area (TPSA) is 17.3 Å². The molecule has 1 aliphatic heterocycles. The lowest BCUT2D eigenvalue weighted by molar-refractivity contribution is 0.698. The van der Waals surface area contributed by atoms with Gasteiger partial charge < -0.3 is 4.57 Å². The van der Waals surface area contributed by atoms with E-state index in [1.165, 1.54) is 5.56 Å². The van der Waals surface area contributed by atoms with Crippen LogP contribution >= 0.6 is 0 Å². The number of allylic oxidation sites excluding steroid dienone is 1. The Kier molecular flexibility index (Phi) is 1.65. The maximum Gasteiger partial charge on any atom is 0.139 e. The van der Waals surface area contributed by atoms with Gasteiger partial charge in [-0.25, -0.2) is 4.99 Å². The lowest BCUT2D eigenvalue weighted by Gasteiger charge is -2.10. The number of nitrogens with zero attached hydrogens (tertiary/aromatic N) is 2. The molecule has 0 N–H and O–H groups in total. The molecule has 68 valence electrons. The summed E-state index contributed by atoms with van der Waals surface area (Å²) in [5, 5.41) is 0. The summed E-state index contributed by atoms with van der Waals surface area (Å²) in [6.07, 6.45) is 8.35. The van der Waals surface area contributed by atoms with E-state index in [1.54, 1.807) is 0 Å². The van der Waals surface area contributed by atoms with Crippen LogP contribution in [0.4, 0.5) is 5.82 Å². The molecule has 0 saturated carbocycles. The fourth-order valence-electron chi connectivity index (χ4n) is 1.41. The van der Waals surface area contributed by atoms with Crippen molar-refractivity contribution < 1.29 is 0 Å². The molecule has 0 radical (unpaired) electrons. The first-order valence-corrected chi connectivity index (χ1v) is 4.48. The highest BCUT2D eigenvalue weighted by Crippen LogP contribution is 2.28. The summed E-state index contributed by atoms with van der Waals surface area (Å²) in [6, 6.07) is 2.09. The number of rotatable bonds is 0. The Morgan fingerprint density at radius 1 is 1.38 bits per heavy atom. The van der Waals surface area contributed by atoms with Gasteiger partial charge in [-0.05, 0) is 6.07 Å². The zero-order chi connectivity index (χ0) is 9.47. The Hall–Kier alpha value is -1.31. The molecule has 0 amide bonds. The normalized spacial score (nSPS) is 18.4. The van der Waals surface area contributed by atoms with Crippen LogP contribution in [-0.2, 0) is 7.05 Å². The van der Waals surface area contributed by atoms with Crippen LogP contribution in [0.2, 0.25) is 0 Å². The number of aromatic nitrogens is 1. The average molecular weight is 174 g/mol. The van der Waals surface area contributed by atoms with E-state index >= 15 is 0 Å². The van der Waals surface area contributed by atoms with E-state index in [-0.39, 0.29) is 5.41 Å². The first kappa shape index (κ1) is 8.30. The molecule has 2 heterocycles. The molecule has 0 aliphatic carbocycles. The highest BCUT2D eigenvalue weighted by Gasteiger charge is 2.14. The monoisotopic (exact) mass is 174 g/mol.